The quantitative estimate of drug-likeness (QED) is 0.00987. The topological polar surface area (TPSA) is 257 Å². The van der Waals surface area contributed by atoms with Gasteiger partial charge in [-0.2, -0.15) is 0 Å². The normalized spacial score (nSPS) is 10.8. The van der Waals surface area contributed by atoms with Crippen molar-refractivity contribution in [2.45, 2.75) is 0 Å². The zero-order chi connectivity index (χ0) is 51.1. The number of carbonyl (C=O) groups is 4. The maximum Gasteiger partial charge on any atom is 0.268 e. The van der Waals surface area contributed by atoms with Crippen LogP contribution in [0.2, 0.25) is 0 Å². The van der Waals surface area contributed by atoms with Crippen LogP contribution < -0.4 is 64.0 Å². The Labute approximate surface area is 413 Å². The zero-order valence-electron chi connectivity index (χ0n) is 38.7. The maximum atomic E-state index is 13.0. The van der Waals surface area contributed by atoms with Crippen LogP contribution in [0.1, 0.15) is 41.4 Å². The monoisotopic (exact) mass is 960 g/mol. The van der Waals surface area contributed by atoms with Crippen molar-refractivity contribution in [2.75, 3.05) is 26.4 Å². The Morgan fingerprint density at radius 1 is 0.431 bits per heavy atom. The van der Waals surface area contributed by atoms with E-state index in [1.165, 1.54) is 0 Å². The molecule has 0 aliphatic carbocycles. The van der Waals surface area contributed by atoms with Gasteiger partial charge in [0.25, 0.3) is 23.6 Å². The summed E-state index contributed by atoms with van der Waals surface area (Å²) in [5.74, 6) is 23.6. The van der Waals surface area contributed by atoms with Crippen molar-refractivity contribution in [2.24, 2.45) is 23.4 Å². The summed E-state index contributed by atoms with van der Waals surface area (Å²) in [4.78, 5) is 52.1. The van der Waals surface area contributed by atoms with E-state index in [1.807, 2.05) is 54.6 Å². The van der Waals surface area contributed by atoms with E-state index in [2.05, 4.69) is 47.4 Å². The molecule has 8 aromatic rings. The van der Waals surface area contributed by atoms with Gasteiger partial charge in [-0.1, -0.05) is 92.4 Å². The average Bonchev–Trinajstić information content (AvgIpc) is 3.42. The fourth-order valence-electron chi connectivity index (χ4n) is 8.81. The number of nitrogen functional groups attached to an aromatic ring is 4. The van der Waals surface area contributed by atoms with Crippen molar-refractivity contribution in [3.63, 3.8) is 0 Å². The Bertz CT molecular complexity index is 3450. The summed E-state index contributed by atoms with van der Waals surface area (Å²) in [5.41, 5.74) is 15.2. The van der Waals surface area contributed by atoms with Gasteiger partial charge in [0.2, 0.25) is 0 Å². The minimum absolute atomic E-state index is 0.100. The molecule has 72 heavy (non-hydrogen) atoms. The van der Waals surface area contributed by atoms with Crippen LogP contribution in [0.15, 0.2) is 147 Å². The minimum atomic E-state index is -0.581. The molecule has 0 saturated heterocycles. The molecule has 0 fully saturated rings. The molecule has 0 spiro atoms. The van der Waals surface area contributed by atoms with E-state index in [-0.39, 0.29) is 71.7 Å². The highest BCUT2D eigenvalue weighted by molar-refractivity contribution is 6.32. The van der Waals surface area contributed by atoms with Gasteiger partial charge in [-0.25, -0.2) is 23.4 Å². The number of carbonyl (C=O) groups excluding carboxylic acids is 4. The van der Waals surface area contributed by atoms with Crippen LogP contribution in [-0.2, 0) is 0 Å². The summed E-state index contributed by atoms with van der Waals surface area (Å²) in [7, 11) is 0. The molecule has 0 radical (unpaired) electrons. The molecule has 0 heterocycles. The lowest BCUT2D eigenvalue weighted by atomic mass is 9.81. The molecule has 0 aliphatic rings. The molecule has 4 amide bonds. The zero-order valence-corrected chi connectivity index (χ0v) is 38.7. The fourth-order valence-corrected chi connectivity index (χ4v) is 8.81. The number of nitrogens with one attached hydrogen (secondary N) is 4. The van der Waals surface area contributed by atoms with Crippen LogP contribution in [0.3, 0.4) is 0 Å². The van der Waals surface area contributed by atoms with Gasteiger partial charge in [0, 0.05) is 0 Å². The second-order valence-electron chi connectivity index (χ2n) is 16.0. The fraction of sp³-hybridized carbons (Fsp3) is 0.0714. The first-order valence-electron chi connectivity index (χ1n) is 22.2. The molecule has 8 aromatic carbocycles. The third-order valence-corrected chi connectivity index (χ3v) is 12.0. The number of benzene rings is 8. The van der Waals surface area contributed by atoms with Gasteiger partial charge < -0.3 is 18.9 Å². The molecular weight excluding hydrogens is 913 g/mol. The van der Waals surface area contributed by atoms with Gasteiger partial charge in [0.1, 0.15) is 49.4 Å². The Balaban J connectivity index is 1.54. The molecule has 8 rings (SSSR count). The predicted molar refractivity (Wildman–Crippen MR) is 280 cm³/mol. The van der Waals surface area contributed by atoms with Gasteiger partial charge in [0.15, 0.2) is 0 Å². The summed E-state index contributed by atoms with van der Waals surface area (Å²) in [5, 5.41) is 4.93. The van der Waals surface area contributed by atoms with Crippen molar-refractivity contribution in [1.82, 2.24) is 21.7 Å². The molecule has 0 aliphatic heterocycles. The summed E-state index contributed by atoms with van der Waals surface area (Å²) in [6, 6.07) is 33.0. The number of hydrazine groups is 4. The lowest BCUT2D eigenvalue weighted by molar-refractivity contribution is 0.0942. The molecule has 0 bridgehead atoms. The molecule has 0 aromatic heterocycles. The number of terminal acetylenes is 1. The number of hydrogen-bond acceptors (Lipinski definition) is 12. The Morgan fingerprint density at radius 3 is 0.931 bits per heavy atom. The van der Waals surface area contributed by atoms with Gasteiger partial charge in [-0.3, -0.25) is 40.9 Å². The lowest BCUT2D eigenvalue weighted by Crippen LogP contribution is -2.30. The van der Waals surface area contributed by atoms with Crippen LogP contribution in [0.4, 0.5) is 0 Å². The van der Waals surface area contributed by atoms with Gasteiger partial charge in [-0.15, -0.1) is 6.42 Å². The summed E-state index contributed by atoms with van der Waals surface area (Å²) in [6.45, 7) is 11.5. The summed E-state index contributed by atoms with van der Waals surface area (Å²) in [6.07, 6.45) is 10.3. The number of hydrogen-bond donors (Lipinski definition) is 8. The molecule has 12 N–H and O–H groups in total. The predicted octanol–water partition coefficient (Wildman–Crippen LogP) is 7.37. The maximum absolute atomic E-state index is 13.0. The van der Waals surface area contributed by atoms with Crippen molar-refractivity contribution >= 4 is 55.9 Å². The Kier molecular flexibility index (Phi) is 14.6. The highest BCUT2D eigenvalue weighted by Crippen LogP contribution is 2.50. The third kappa shape index (κ3) is 9.21. The summed E-state index contributed by atoms with van der Waals surface area (Å²) < 4.78 is 24.1. The van der Waals surface area contributed by atoms with E-state index in [0.717, 1.165) is 54.6 Å². The molecule has 0 saturated carbocycles. The van der Waals surface area contributed by atoms with Gasteiger partial charge in [-0.05, 0) is 137 Å². The van der Waals surface area contributed by atoms with Crippen LogP contribution in [-0.4, -0.2) is 50.1 Å². The van der Waals surface area contributed by atoms with Gasteiger partial charge >= 0.3 is 0 Å². The number of amides is 4. The van der Waals surface area contributed by atoms with E-state index in [4.69, 9.17) is 48.7 Å². The van der Waals surface area contributed by atoms with Crippen LogP contribution in [0.25, 0.3) is 76.8 Å². The molecule has 16 heteroatoms. The lowest BCUT2D eigenvalue weighted by Gasteiger charge is -2.22. The van der Waals surface area contributed by atoms with E-state index in [9.17, 15) is 19.2 Å². The van der Waals surface area contributed by atoms with Crippen molar-refractivity contribution in [3.8, 4) is 79.8 Å². The molecular formula is C56H48N8O8. The smallest absolute Gasteiger partial charge is 0.268 e. The molecule has 0 unspecified atom stereocenters. The first kappa shape index (κ1) is 48.9. The molecule has 16 nitrogen and oxygen atoms in total. The first-order valence-corrected chi connectivity index (χ1v) is 22.2. The van der Waals surface area contributed by atoms with E-state index < -0.39 is 23.6 Å². The van der Waals surface area contributed by atoms with Crippen LogP contribution in [0, 0.1) is 12.3 Å². The van der Waals surface area contributed by atoms with Crippen molar-refractivity contribution in [3.05, 3.63) is 169 Å². The minimum Gasteiger partial charge on any atom is -0.489 e. The second kappa shape index (κ2) is 21.4. The highest BCUT2D eigenvalue weighted by Gasteiger charge is 2.25. The molecule has 360 valence electrons. The number of ether oxygens (including phenoxy) is 4. The number of nitrogens with two attached hydrogens (primary N) is 4. The van der Waals surface area contributed by atoms with Crippen LogP contribution >= 0.6 is 0 Å². The second-order valence-corrected chi connectivity index (χ2v) is 16.0. The van der Waals surface area contributed by atoms with E-state index in [1.54, 1.807) is 72.8 Å². The third-order valence-electron chi connectivity index (χ3n) is 12.0. The highest BCUT2D eigenvalue weighted by atomic mass is 16.5. The van der Waals surface area contributed by atoms with Gasteiger partial charge in [0.05, 0.1) is 22.3 Å². The van der Waals surface area contributed by atoms with E-state index >= 15 is 0 Å². The first-order chi connectivity index (χ1) is 35.0. The van der Waals surface area contributed by atoms with Crippen molar-refractivity contribution < 1.29 is 38.1 Å². The van der Waals surface area contributed by atoms with E-state index in [0.29, 0.717) is 22.3 Å². The summed E-state index contributed by atoms with van der Waals surface area (Å²) >= 11 is 0. The van der Waals surface area contributed by atoms with Crippen molar-refractivity contribution in [1.29, 1.82) is 0 Å². The Morgan fingerprint density at radius 2 is 0.694 bits per heavy atom. The Hall–Kier alpha value is -9.50. The standard InChI is InChI=1S/C56H48N8O8/c1-5-21-69-47-25-31(9-13-39(47)53(65)61-57)43-29-44(32-10-14-40(54(66)62-58)48(26-32)70-22-6-2)36-19-20-38-46(34-12-16-42(56(68)64-60)50(28-34)72-24-8-4)30-45(37-18-17-35(43)51(36)52(37)38)33-11-15-41(55(67)63-59)49(27-33)71-23-7-3/h1,6-20,25-30H,2-4,21-24,57-60H2,(H,61,65)(H,62,66)(H,63,67)(H,64,68). The molecule has 0 atom stereocenters. The SMILES string of the molecule is C#CCOc1cc(-c2cc(-c3ccc(C(=O)NN)c(OCC=C)c3)c3ccc4c(-c5ccc(C(=O)NN)c(OCC=C)c5)cc(-c5ccc(C(=O)NN)c(OCC=C)c5)c5ccc2c3c54)ccc1C(=O)NN. The number of rotatable bonds is 19. The van der Waals surface area contributed by atoms with Crippen LogP contribution in [0.5, 0.6) is 23.0 Å². The average molecular weight is 961 g/mol. The largest absolute Gasteiger partial charge is 0.489 e.